The van der Waals surface area contributed by atoms with Crippen molar-refractivity contribution in [2.45, 2.75) is 6.43 Å². The third-order valence-electron chi connectivity index (χ3n) is 1.67. The third kappa shape index (κ3) is 1.05. The number of halogens is 2. The van der Waals surface area contributed by atoms with Crippen molar-refractivity contribution in [3.8, 4) is 0 Å². The van der Waals surface area contributed by atoms with Gasteiger partial charge < -0.3 is 0 Å². The van der Waals surface area contributed by atoms with Crippen LogP contribution < -0.4 is 0 Å². The van der Waals surface area contributed by atoms with Crippen LogP contribution in [0.1, 0.15) is 12.0 Å². The Balaban J connectivity index is 2.60. The summed E-state index contributed by atoms with van der Waals surface area (Å²) in [7, 11) is 0. The van der Waals surface area contributed by atoms with Crippen LogP contribution in [0.15, 0.2) is 30.6 Å². The second kappa shape index (κ2) is 2.55. The van der Waals surface area contributed by atoms with Gasteiger partial charge in [-0.3, -0.25) is 0 Å². The van der Waals surface area contributed by atoms with Crippen molar-refractivity contribution in [1.29, 1.82) is 0 Å². The first-order valence-electron chi connectivity index (χ1n) is 3.49. The summed E-state index contributed by atoms with van der Waals surface area (Å²) in [6.07, 6.45) is 0.475. The van der Waals surface area contributed by atoms with Crippen LogP contribution in [-0.2, 0) is 0 Å². The minimum Gasteiger partial charge on any atom is -0.241 e. The van der Waals surface area contributed by atoms with Crippen LogP contribution >= 0.6 is 0 Å². The summed E-state index contributed by atoms with van der Waals surface area (Å²) in [6, 6.07) is 4.78. The van der Waals surface area contributed by atoms with Gasteiger partial charge in [0.25, 0.3) is 6.43 Å². The standard InChI is InChI=1S/C8H6F2N2/c9-8(10)6-1-2-7-3-4-11-12(7)5-6/h1-5,8H. The number of aromatic nitrogens is 2. The Kier molecular flexibility index (Phi) is 1.53. The summed E-state index contributed by atoms with van der Waals surface area (Å²) in [5.74, 6) is 0. The third-order valence-corrected chi connectivity index (χ3v) is 1.67. The Morgan fingerprint density at radius 3 is 2.83 bits per heavy atom. The van der Waals surface area contributed by atoms with E-state index in [2.05, 4.69) is 5.10 Å². The summed E-state index contributed by atoms with van der Waals surface area (Å²) >= 11 is 0. The van der Waals surface area contributed by atoms with Crippen LogP contribution in [0.2, 0.25) is 0 Å². The largest absolute Gasteiger partial charge is 0.265 e. The molecular weight excluding hydrogens is 162 g/mol. The van der Waals surface area contributed by atoms with Crippen molar-refractivity contribution < 1.29 is 8.78 Å². The van der Waals surface area contributed by atoms with Gasteiger partial charge in [0, 0.05) is 18.0 Å². The number of pyridine rings is 1. The molecule has 0 atom stereocenters. The molecule has 2 rings (SSSR count). The number of fused-ring (bicyclic) bond motifs is 1. The normalized spacial score (nSPS) is 11.2. The molecule has 2 heterocycles. The molecule has 62 valence electrons. The van der Waals surface area contributed by atoms with Gasteiger partial charge >= 0.3 is 0 Å². The average molecular weight is 168 g/mol. The average Bonchev–Trinajstić information content (AvgIpc) is 2.49. The van der Waals surface area contributed by atoms with Crippen LogP contribution in [0.3, 0.4) is 0 Å². The van der Waals surface area contributed by atoms with E-state index in [0.717, 1.165) is 5.52 Å². The van der Waals surface area contributed by atoms with Gasteiger partial charge in [0.05, 0.1) is 5.52 Å². The zero-order chi connectivity index (χ0) is 8.55. The lowest BCUT2D eigenvalue weighted by molar-refractivity contribution is 0.150. The van der Waals surface area contributed by atoms with Crippen molar-refractivity contribution in [3.63, 3.8) is 0 Å². The summed E-state index contributed by atoms with van der Waals surface area (Å²) in [5, 5.41) is 3.85. The highest BCUT2D eigenvalue weighted by Crippen LogP contribution is 2.18. The highest BCUT2D eigenvalue weighted by Gasteiger charge is 2.06. The first-order chi connectivity index (χ1) is 5.77. The van der Waals surface area contributed by atoms with Gasteiger partial charge in [0.15, 0.2) is 0 Å². The molecular formula is C8H6F2N2. The van der Waals surface area contributed by atoms with E-state index in [9.17, 15) is 8.78 Å². The Morgan fingerprint density at radius 1 is 1.25 bits per heavy atom. The van der Waals surface area contributed by atoms with Crippen molar-refractivity contribution in [2.24, 2.45) is 0 Å². The number of alkyl halides is 2. The Labute approximate surface area is 67.4 Å². The predicted octanol–water partition coefficient (Wildman–Crippen LogP) is 2.27. The zero-order valence-corrected chi connectivity index (χ0v) is 6.11. The molecule has 0 unspecified atom stereocenters. The van der Waals surface area contributed by atoms with Gasteiger partial charge in [0.2, 0.25) is 0 Å². The summed E-state index contributed by atoms with van der Waals surface area (Å²) in [5.41, 5.74) is 0.811. The highest BCUT2D eigenvalue weighted by atomic mass is 19.3. The SMILES string of the molecule is FC(F)c1ccc2ccnn2c1. The van der Waals surface area contributed by atoms with Crippen molar-refractivity contribution in [3.05, 3.63) is 36.2 Å². The lowest BCUT2D eigenvalue weighted by atomic mass is 10.3. The Bertz CT molecular complexity index is 395. The van der Waals surface area contributed by atoms with Crippen LogP contribution in [0, 0.1) is 0 Å². The topological polar surface area (TPSA) is 17.3 Å². The van der Waals surface area contributed by atoms with Gasteiger partial charge in [-0.1, -0.05) is 0 Å². The predicted molar refractivity (Wildman–Crippen MR) is 40.1 cm³/mol. The molecule has 0 aromatic carbocycles. The molecule has 0 saturated carbocycles. The lowest BCUT2D eigenvalue weighted by Crippen LogP contribution is -1.91. The molecule has 4 heteroatoms. The van der Waals surface area contributed by atoms with E-state index in [1.54, 1.807) is 18.3 Å². The molecule has 0 aliphatic carbocycles. The van der Waals surface area contributed by atoms with Crippen molar-refractivity contribution in [2.75, 3.05) is 0 Å². The minimum atomic E-state index is -2.43. The number of hydrogen-bond donors (Lipinski definition) is 0. The van der Waals surface area contributed by atoms with E-state index >= 15 is 0 Å². The minimum absolute atomic E-state index is 0.00815. The van der Waals surface area contributed by atoms with E-state index in [1.165, 1.54) is 16.8 Å². The van der Waals surface area contributed by atoms with Crippen LogP contribution in [0.4, 0.5) is 8.78 Å². The number of hydrogen-bond acceptors (Lipinski definition) is 1. The van der Waals surface area contributed by atoms with E-state index < -0.39 is 6.43 Å². The van der Waals surface area contributed by atoms with Gasteiger partial charge in [-0.25, -0.2) is 13.3 Å². The first-order valence-corrected chi connectivity index (χ1v) is 3.49. The lowest BCUT2D eigenvalue weighted by Gasteiger charge is -1.99. The Morgan fingerprint density at radius 2 is 2.08 bits per heavy atom. The fourth-order valence-electron chi connectivity index (χ4n) is 1.06. The molecule has 0 aliphatic heterocycles. The van der Waals surface area contributed by atoms with E-state index in [-0.39, 0.29) is 5.56 Å². The first kappa shape index (κ1) is 7.21. The molecule has 0 fully saturated rings. The molecule has 0 saturated heterocycles. The van der Waals surface area contributed by atoms with Crippen molar-refractivity contribution >= 4 is 5.52 Å². The summed E-state index contributed by atoms with van der Waals surface area (Å²) in [4.78, 5) is 0. The van der Waals surface area contributed by atoms with Crippen molar-refractivity contribution in [1.82, 2.24) is 9.61 Å². The van der Waals surface area contributed by atoms with E-state index in [0.29, 0.717) is 0 Å². The van der Waals surface area contributed by atoms with Crippen LogP contribution in [-0.4, -0.2) is 9.61 Å². The Hall–Kier alpha value is -1.45. The van der Waals surface area contributed by atoms with Gasteiger partial charge in [-0.05, 0) is 18.2 Å². The molecule has 0 aliphatic rings. The molecule has 0 spiro atoms. The number of nitrogens with zero attached hydrogens (tertiary/aromatic N) is 2. The highest BCUT2D eigenvalue weighted by molar-refractivity contribution is 5.45. The molecule has 2 aromatic rings. The molecule has 0 amide bonds. The maximum Gasteiger partial charge on any atom is 0.265 e. The van der Waals surface area contributed by atoms with E-state index in [4.69, 9.17) is 0 Å². The second-order valence-electron chi connectivity index (χ2n) is 2.46. The summed E-state index contributed by atoms with van der Waals surface area (Å²) < 4.78 is 25.8. The van der Waals surface area contributed by atoms with Crippen LogP contribution in [0.5, 0.6) is 0 Å². The maximum absolute atomic E-state index is 12.2. The van der Waals surface area contributed by atoms with Gasteiger partial charge in [-0.2, -0.15) is 5.10 Å². The molecule has 12 heavy (non-hydrogen) atoms. The fourth-order valence-corrected chi connectivity index (χ4v) is 1.06. The molecule has 2 aromatic heterocycles. The smallest absolute Gasteiger partial charge is 0.241 e. The van der Waals surface area contributed by atoms with Gasteiger partial charge in [0.1, 0.15) is 0 Å². The molecule has 2 nitrogen and oxygen atoms in total. The number of rotatable bonds is 1. The maximum atomic E-state index is 12.2. The monoisotopic (exact) mass is 168 g/mol. The van der Waals surface area contributed by atoms with E-state index in [1.807, 2.05) is 0 Å². The fraction of sp³-hybridized carbons (Fsp3) is 0.125. The van der Waals surface area contributed by atoms with Gasteiger partial charge in [-0.15, -0.1) is 0 Å². The molecule has 0 bridgehead atoms. The molecule has 0 N–H and O–H groups in total. The quantitative estimate of drug-likeness (QED) is 0.638. The second-order valence-corrected chi connectivity index (χ2v) is 2.46. The zero-order valence-electron chi connectivity index (χ0n) is 6.11. The molecule has 0 radical (unpaired) electrons. The van der Waals surface area contributed by atoms with Crippen LogP contribution in [0.25, 0.3) is 5.52 Å². The summed E-state index contributed by atoms with van der Waals surface area (Å²) in [6.45, 7) is 0.